The van der Waals surface area contributed by atoms with Gasteiger partial charge in [0.05, 0.1) is 5.69 Å². The van der Waals surface area contributed by atoms with Crippen molar-refractivity contribution in [3.63, 3.8) is 0 Å². The van der Waals surface area contributed by atoms with E-state index < -0.39 is 29.6 Å². The fraction of sp³-hybridized carbons (Fsp3) is 0.125. The summed E-state index contributed by atoms with van der Waals surface area (Å²) >= 11 is 1.48. The van der Waals surface area contributed by atoms with Crippen LogP contribution in [0.25, 0.3) is 6.08 Å². The van der Waals surface area contributed by atoms with E-state index in [1.54, 1.807) is 6.08 Å². The van der Waals surface area contributed by atoms with Crippen LogP contribution in [0.1, 0.15) is 12.5 Å². The predicted octanol–water partition coefficient (Wildman–Crippen LogP) is 3.61. The fourth-order valence-electron chi connectivity index (χ4n) is 1.63. The van der Waals surface area contributed by atoms with Gasteiger partial charge in [0, 0.05) is 12.1 Å². The zero-order valence-corrected chi connectivity index (χ0v) is 12.9. The van der Waals surface area contributed by atoms with E-state index in [0.29, 0.717) is 6.07 Å². The molecule has 1 N–H and O–H groups in total. The number of thiophene rings is 1. The third kappa shape index (κ3) is 5.00. The number of halogens is 2. The summed E-state index contributed by atoms with van der Waals surface area (Å²) in [5.74, 6) is -3.07. The molecule has 0 saturated heterocycles. The molecule has 2 rings (SSSR count). The maximum atomic E-state index is 13.4. The van der Waals surface area contributed by atoms with Crippen molar-refractivity contribution >= 4 is 35.0 Å². The van der Waals surface area contributed by atoms with Crippen LogP contribution in [0.4, 0.5) is 14.5 Å². The molecule has 0 unspecified atom stereocenters. The second kappa shape index (κ2) is 7.64. The predicted molar refractivity (Wildman–Crippen MR) is 83.9 cm³/mol. The number of esters is 1. The Bertz CT molecular complexity index is 729. The van der Waals surface area contributed by atoms with Crippen LogP contribution in [0.15, 0.2) is 41.1 Å². The van der Waals surface area contributed by atoms with Gasteiger partial charge in [-0.3, -0.25) is 4.79 Å². The number of hydrogen-bond donors (Lipinski definition) is 1. The molecule has 0 bridgehead atoms. The molecule has 1 amide bonds. The molecule has 0 aliphatic heterocycles. The van der Waals surface area contributed by atoms with Gasteiger partial charge in [-0.05, 0) is 47.5 Å². The Morgan fingerprint density at radius 2 is 2.09 bits per heavy atom. The summed E-state index contributed by atoms with van der Waals surface area (Å²) in [4.78, 5) is 23.5. The lowest BCUT2D eigenvalue weighted by atomic mass is 10.2. The summed E-state index contributed by atoms with van der Waals surface area (Å²) in [7, 11) is 0. The summed E-state index contributed by atoms with van der Waals surface area (Å²) in [6.45, 7) is 1.35. The van der Waals surface area contributed by atoms with Gasteiger partial charge in [-0.15, -0.1) is 0 Å². The van der Waals surface area contributed by atoms with Crippen LogP contribution in [0.3, 0.4) is 0 Å². The molecule has 0 aliphatic carbocycles. The quantitative estimate of drug-likeness (QED) is 0.670. The van der Waals surface area contributed by atoms with E-state index in [2.05, 4.69) is 5.32 Å². The summed E-state index contributed by atoms with van der Waals surface area (Å²) in [5.41, 5.74) is 0.658. The Balaban J connectivity index is 1.90. The summed E-state index contributed by atoms with van der Waals surface area (Å²) in [5, 5.41) is 5.94. The normalized spacial score (nSPS) is 12.1. The average molecular weight is 337 g/mol. The Kier molecular flexibility index (Phi) is 5.59. The van der Waals surface area contributed by atoms with E-state index in [-0.39, 0.29) is 5.69 Å². The third-order valence-corrected chi connectivity index (χ3v) is 3.51. The molecule has 2 aromatic rings. The van der Waals surface area contributed by atoms with Crippen LogP contribution in [-0.2, 0) is 14.3 Å². The molecule has 0 radical (unpaired) electrons. The monoisotopic (exact) mass is 337 g/mol. The first kappa shape index (κ1) is 16.8. The zero-order chi connectivity index (χ0) is 16.8. The minimum atomic E-state index is -1.13. The Hall–Kier alpha value is -2.54. The molecule has 1 atom stereocenters. The van der Waals surface area contributed by atoms with E-state index in [0.717, 1.165) is 17.7 Å². The highest BCUT2D eigenvalue weighted by Crippen LogP contribution is 2.15. The molecule has 0 aliphatic rings. The van der Waals surface area contributed by atoms with Crippen molar-refractivity contribution in [3.8, 4) is 0 Å². The van der Waals surface area contributed by atoms with E-state index >= 15 is 0 Å². The molecule has 0 saturated carbocycles. The minimum absolute atomic E-state index is 0.187. The number of carbonyl (C=O) groups is 2. The number of anilines is 1. The minimum Gasteiger partial charge on any atom is -0.449 e. The SMILES string of the molecule is C[C@H](OC(=O)/C=C/c1ccsc1)C(=O)Nc1ccc(F)cc1F. The van der Waals surface area contributed by atoms with Crippen LogP contribution < -0.4 is 5.32 Å². The standard InChI is InChI=1S/C16H13F2NO3S/c1-10(22-15(20)5-2-11-6-7-23-9-11)16(21)19-14-4-3-12(17)8-13(14)18/h2-10H,1H3,(H,19,21)/b5-2+/t10-/m0/s1. The zero-order valence-electron chi connectivity index (χ0n) is 12.1. The van der Waals surface area contributed by atoms with E-state index in [1.165, 1.54) is 24.3 Å². The molecule has 1 aromatic heterocycles. The van der Waals surface area contributed by atoms with Crippen LogP contribution in [0, 0.1) is 11.6 Å². The van der Waals surface area contributed by atoms with Crippen molar-refractivity contribution in [1.82, 2.24) is 0 Å². The first-order valence-corrected chi connectivity index (χ1v) is 7.57. The van der Waals surface area contributed by atoms with Gasteiger partial charge in [0.15, 0.2) is 6.10 Å². The lowest BCUT2D eigenvalue weighted by Gasteiger charge is -2.12. The van der Waals surface area contributed by atoms with Gasteiger partial charge in [0.1, 0.15) is 11.6 Å². The lowest BCUT2D eigenvalue weighted by molar-refractivity contribution is -0.148. The van der Waals surface area contributed by atoms with E-state index in [4.69, 9.17) is 4.74 Å². The van der Waals surface area contributed by atoms with Crippen molar-refractivity contribution in [1.29, 1.82) is 0 Å². The van der Waals surface area contributed by atoms with Gasteiger partial charge in [-0.1, -0.05) is 0 Å². The van der Waals surface area contributed by atoms with Gasteiger partial charge >= 0.3 is 5.97 Å². The maximum Gasteiger partial charge on any atom is 0.331 e. The van der Waals surface area contributed by atoms with Crippen LogP contribution in [0.2, 0.25) is 0 Å². The van der Waals surface area contributed by atoms with Crippen LogP contribution >= 0.6 is 11.3 Å². The molecule has 23 heavy (non-hydrogen) atoms. The topological polar surface area (TPSA) is 55.4 Å². The highest BCUT2D eigenvalue weighted by Gasteiger charge is 2.18. The highest BCUT2D eigenvalue weighted by molar-refractivity contribution is 7.08. The highest BCUT2D eigenvalue weighted by atomic mass is 32.1. The van der Waals surface area contributed by atoms with Gasteiger partial charge in [0.2, 0.25) is 0 Å². The Morgan fingerprint density at radius 3 is 2.74 bits per heavy atom. The number of ether oxygens (including phenoxy) is 1. The summed E-state index contributed by atoms with van der Waals surface area (Å²) in [6.07, 6.45) is 1.63. The van der Waals surface area contributed by atoms with Crippen molar-refractivity contribution in [2.24, 2.45) is 0 Å². The van der Waals surface area contributed by atoms with Gasteiger partial charge in [0.25, 0.3) is 5.91 Å². The number of rotatable bonds is 5. The molecule has 120 valence electrons. The van der Waals surface area contributed by atoms with E-state index in [1.807, 2.05) is 16.8 Å². The largest absolute Gasteiger partial charge is 0.449 e. The molecule has 0 fully saturated rings. The van der Waals surface area contributed by atoms with E-state index in [9.17, 15) is 18.4 Å². The van der Waals surface area contributed by atoms with Crippen LogP contribution in [-0.4, -0.2) is 18.0 Å². The molecule has 1 heterocycles. The smallest absolute Gasteiger partial charge is 0.331 e. The molecule has 4 nitrogen and oxygen atoms in total. The molecule has 0 spiro atoms. The third-order valence-electron chi connectivity index (χ3n) is 2.81. The second-order valence-electron chi connectivity index (χ2n) is 4.58. The van der Waals surface area contributed by atoms with Crippen molar-refractivity contribution in [3.05, 3.63) is 58.3 Å². The number of nitrogens with one attached hydrogen (secondary N) is 1. The lowest BCUT2D eigenvalue weighted by Crippen LogP contribution is -2.29. The van der Waals surface area contributed by atoms with Gasteiger partial charge in [-0.25, -0.2) is 13.6 Å². The first-order chi connectivity index (χ1) is 11.0. The van der Waals surface area contributed by atoms with Crippen molar-refractivity contribution in [2.75, 3.05) is 5.32 Å². The first-order valence-electron chi connectivity index (χ1n) is 6.62. The Labute approximate surface area is 135 Å². The fourth-order valence-corrected chi connectivity index (χ4v) is 2.25. The van der Waals surface area contributed by atoms with Crippen molar-refractivity contribution < 1.29 is 23.1 Å². The number of amides is 1. The number of hydrogen-bond acceptors (Lipinski definition) is 4. The Morgan fingerprint density at radius 1 is 1.30 bits per heavy atom. The maximum absolute atomic E-state index is 13.4. The molecular formula is C16H13F2NO3S. The molecule has 7 heteroatoms. The number of benzene rings is 1. The second-order valence-corrected chi connectivity index (χ2v) is 5.36. The van der Waals surface area contributed by atoms with Crippen LogP contribution in [0.5, 0.6) is 0 Å². The van der Waals surface area contributed by atoms with Gasteiger partial charge in [-0.2, -0.15) is 11.3 Å². The summed E-state index contributed by atoms with van der Waals surface area (Å²) in [6, 6.07) is 4.57. The van der Waals surface area contributed by atoms with Gasteiger partial charge < -0.3 is 10.1 Å². The number of carbonyl (C=O) groups excluding carboxylic acids is 2. The van der Waals surface area contributed by atoms with Crippen molar-refractivity contribution in [2.45, 2.75) is 13.0 Å². The molecular weight excluding hydrogens is 324 g/mol. The summed E-state index contributed by atoms with van der Waals surface area (Å²) < 4.78 is 31.1. The molecule has 1 aromatic carbocycles. The average Bonchev–Trinajstić information content (AvgIpc) is 3.01.